The van der Waals surface area contributed by atoms with Crippen LogP contribution in [0.3, 0.4) is 0 Å². The fourth-order valence-electron chi connectivity index (χ4n) is 2.57. The summed E-state index contributed by atoms with van der Waals surface area (Å²) < 4.78 is 15.6. The van der Waals surface area contributed by atoms with Crippen molar-refractivity contribution in [2.24, 2.45) is 10.8 Å². The van der Waals surface area contributed by atoms with Crippen molar-refractivity contribution in [2.45, 2.75) is 87.4 Å². The van der Waals surface area contributed by atoms with Gasteiger partial charge in [0, 0.05) is 12.8 Å². The Bertz CT molecular complexity index is 611. The fourth-order valence-corrected chi connectivity index (χ4v) is 2.57. The second-order valence-corrected chi connectivity index (χ2v) is 9.77. The van der Waals surface area contributed by atoms with Crippen molar-refractivity contribution >= 4 is 11.9 Å². The third kappa shape index (κ3) is 15.0. The largest absolute Gasteiger partial charge is 0.463 e. The second-order valence-electron chi connectivity index (χ2n) is 9.77. The molecule has 0 N–H and O–H groups in total. The van der Waals surface area contributed by atoms with Crippen molar-refractivity contribution in [3.05, 3.63) is 30.1 Å². The Hall–Kier alpha value is -1.95. The molecule has 1 aliphatic heterocycles. The number of ether oxygens (including phenoxy) is 3. The Labute approximate surface area is 182 Å². The molecule has 30 heavy (non-hydrogen) atoms. The zero-order valence-electron chi connectivity index (χ0n) is 18.8. The first-order valence-electron chi connectivity index (χ1n) is 10.3. The molecular weight excluding hydrogens is 382 g/mol. The van der Waals surface area contributed by atoms with Crippen LogP contribution in [0.2, 0.25) is 0 Å². The summed E-state index contributed by atoms with van der Waals surface area (Å²) in [4.78, 5) is 26.8. The van der Waals surface area contributed by atoms with E-state index in [1.54, 1.807) is 6.20 Å². The van der Waals surface area contributed by atoms with Gasteiger partial charge in [0.05, 0.1) is 24.6 Å². The van der Waals surface area contributed by atoms with E-state index in [9.17, 15) is 9.59 Å². The highest BCUT2D eigenvalue weighted by molar-refractivity contribution is 5.70. The van der Waals surface area contributed by atoms with Crippen molar-refractivity contribution in [1.29, 1.82) is 0 Å². The van der Waals surface area contributed by atoms with Crippen LogP contribution in [0.5, 0.6) is 0 Å². The topological polar surface area (TPSA) is 74.7 Å². The molecular formula is C24H41NO5. The zero-order valence-corrected chi connectivity index (χ0v) is 18.8. The van der Waals surface area contributed by atoms with E-state index in [-0.39, 0.29) is 42.9 Å². The number of rotatable bonds is 6. The maximum absolute atomic E-state index is 11.4. The van der Waals surface area contributed by atoms with Crippen LogP contribution < -0.4 is 0 Å². The molecule has 0 amide bonds. The van der Waals surface area contributed by atoms with Gasteiger partial charge in [0.1, 0.15) is 13.2 Å². The van der Waals surface area contributed by atoms with Gasteiger partial charge in [-0.3, -0.25) is 14.6 Å². The molecule has 0 bridgehead atoms. The number of pyridine rings is 1. The monoisotopic (exact) mass is 423 g/mol. The zero-order chi connectivity index (χ0) is 21.9. The Morgan fingerprint density at radius 3 is 2.10 bits per heavy atom. The summed E-state index contributed by atoms with van der Waals surface area (Å²) in [6, 6.07) is 5.55. The predicted octanol–water partition coefficient (Wildman–Crippen LogP) is 5.34. The number of carbonyl (C=O) groups is 2. The van der Waals surface area contributed by atoms with Gasteiger partial charge in [-0.2, -0.15) is 0 Å². The lowest BCUT2D eigenvalue weighted by atomic mass is 9.92. The molecule has 6 nitrogen and oxygen atoms in total. The molecule has 6 heteroatoms. The van der Waals surface area contributed by atoms with E-state index >= 15 is 0 Å². The van der Waals surface area contributed by atoms with Crippen molar-refractivity contribution in [3.8, 4) is 0 Å². The number of hydrogen-bond donors (Lipinski definition) is 0. The first-order chi connectivity index (χ1) is 13.4. The third-order valence-corrected chi connectivity index (χ3v) is 3.91. The van der Waals surface area contributed by atoms with E-state index in [1.165, 1.54) is 0 Å². The van der Waals surface area contributed by atoms with Gasteiger partial charge < -0.3 is 14.2 Å². The van der Waals surface area contributed by atoms with Crippen molar-refractivity contribution in [1.82, 2.24) is 4.98 Å². The summed E-state index contributed by atoms with van der Waals surface area (Å²) in [7, 11) is 0. The minimum absolute atomic E-state index is 0. The number of aromatic nitrogens is 1. The summed E-state index contributed by atoms with van der Waals surface area (Å²) in [5, 5.41) is 0. The predicted molar refractivity (Wildman–Crippen MR) is 119 cm³/mol. The van der Waals surface area contributed by atoms with Crippen molar-refractivity contribution in [2.75, 3.05) is 13.2 Å². The van der Waals surface area contributed by atoms with Crippen LogP contribution in [0, 0.1) is 10.8 Å². The average molecular weight is 424 g/mol. The smallest absolute Gasteiger partial charge is 0.306 e. The lowest BCUT2D eigenvalue weighted by Gasteiger charge is -2.17. The molecule has 1 aromatic rings. The standard InChI is InChI=1S/C12H17NO2.C11H20O3.CH4/c1-12(2,3)8-11(14)15-9-10-6-4-5-7-13-10;1-11(2,3)7-10(12)14-8-9-5-4-6-13-9;/h4-7H,8-9H2,1-3H3;9H,4-8H2,1-3H3;1H4. The van der Waals surface area contributed by atoms with E-state index in [4.69, 9.17) is 14.2 Å². The molecule has 0 aliphatic carbocycles. The molecule has 1 unspecified atom stereocenters. The van der Waals surface area contributed by atoms with E-state index in [0.29, 0.717) is 19.4 Å². The maximum atomic E-state index is 11.4. The molecule has 0 saturated carbocycles. The fraction of sp³-hybridized carbons (Fsp3) is 0.708. The van der Waals surface area contributed by atoms with Crippen LogP contribution in [-0.4, -0.2) is 36.2 Å². The molecule has 2 rings (SSSR count). The highest BCUT2D eigenvalue weighted by Gasteiger charge is 2.21. The molecule has 0 aromatic carbocycles. The molecule has 1 saturated heterocycles. The van der Waals surface area contributed by atoms with Gasteiger partial charge >= 0.3 is 11.9 Å². The molecule has 1 aromatic heterocycles. The lowest BCUT2D eigenvalue weighted by molar-refractivity contribution is -0.149. The highest BCUT2D eigenvalue weighted by Crippen LogP contribution is 2.20. The van der Waals surface area contributed by atoms with E-state index < -0.39 is 0 Å². The Kier molecular flexibility index (Phi) is 12.5. The highest BCUT2D eigenvalue weighted by atomic mass is 16.6. The number of esters is 2. The third-order valence-electron chi connectivity index (χ3n) is 3.91. The summed E-state index contributed by atoms with van der Waals surface area (Å²) in [6.07, 6.45) is 4.83. The number of nitrogens with zero attached hydrogens (tertiary/aromatic N) is 1. The Morgan fingerprint density at radius 2 is 1.63 bits per heavy atom. The molecule has 2 heterocycles. The quantitative estimate of drug-likeness (QED) is 0.575. The van der Waals surface area contributed by atoms with E-state index in [0.717, 1.165) is 25.1 Å². The summed E-state index contributed by atoms with van der Waals surface area (Å²) >= 11 is 0. The summed E-state index contributed by atoms with van der Waals surface area (Å²) in [5.74, 6) is -0.291. The minimum Gasteiger partial charge on any atom is -0.463 e. The van der Waals surface area contributed by atoms with Crippen molar-refractivity contribution < 1.29 is 23.8 Å². The van der Waals surface area contributed by atoms with Crippen molar-refractivity contribution in [3.63, 3.8) is 0 Å². The minimum atomic E-state index is -0.173. The summed E-state index contributed by atoms with van der Waals surface area (Å²) in [5.41, 5.74) is 0.759. The van der Waals surface area contributed by atoms with E-state index in [2.05, 4.69) is 4.98 Å². The normalized spacial score (nSPS) is 16.0. The first kappa shape index (κ1) is 28.1. The molecule has 0 radical (unpaired) electrons. The van der Waals surface area contributed by atoms with Gasteiger partial charge in [-0.05, 0) is 35.8 Å². The SMILES string of the molecule is C.CC(C)(C)CC(=O)OCC1CCCO1.CC(C)(C)CC(=O)OCc1ccccn1. The van der Waals surface area contributed by atoms with Gasteiger partial charge in [-0.25, -0.2) is 0 Å². The van der Waals surface area contributed by atoms with Crippen LogP contribution in [0.15, 0.2) is 24.4 Å². The summed E-state index contributed by atoms with van der Waals surface area (Å²) in [6.45, 7) is 13.6. The second kappa shape index (κ2) is 13.4. The molecule has 1 aliphatic rings. The van der Waals surface area contributed by atoms with Gasteiger partial charge in [-0.15, -0.1) is 0 Å². The van der Waals surface area contributed by atoms with Crippen LogP contribution >= 0.6 is 0 Å². The van der Waals surface area contributed by atoms with E-state index in [1.807, 2.05) is 59.7 Å². The van der Waals surface area contributed by atoms with Crippen LogP contribution in [0.1, 0.15) is 80.3 Å². The van der Waals surface area contributed by atoms with Crippen LogP contribution in [0.4, 0.5) is 0 Å². The van der Waals surface area contributed by atoms with Gasteiger partial charge in [0.25, 0.3) is 0 Å². The average Bonchev–Trinajstić information content (AvgIpc) is 3.10. The van der Waals surface area contributed by atoms with Gasteiger partial charge in [0.2, 0.25) is 0 Å². The van der Waals surface area contributed by atoms with Crippen LogP contribution in [-0.2, 0) is 30.4 Å². The molecule has 1 fully saturated rings. The molecule has 0 spiro atoms. The molecule has 172 valence electrons. The van der Waals surface area contributed by atoms with Gasteiger partial charge in [0.15, 0.2) is 0 Å². The van der Waals surface area contributed by atoms with Gasteiger partial charge in [-0.1, -0.05) is 55.0 Å². The number of hydrogen-bond acceptors (Lipinski definition) is 6. The van der Waals surface area contributed by atoms with Crippen LogP contribution in [0.25, 0.3) is 0 Å². The Morgan fingerprint density at radius 1 is 1.03 bits per heavy atom. The lowest BCUT2D eigenvalue weighted by Crippen LogP contribution is -2.21. The molecule has 1 atom stereocenters. The maximum Gasteiger partial charge on any atom is 0.306 e. The number of carbonyl (C=O) groups excluding carboxylic acids is 2. The first-order valence-corrected chi connectivity index (χ1v) is 10.3. The Balaban J connectivity index is 0.000000544.